The standard InChI is InChI=1S/C52H30OS/c1-2-12-33-28-37(21-20-31(33)10-1)49-41-18-7-5-16-39(41)48(40-17-6-8-19-42(40)49)36-14-9-13-34(29-36)35-23-26-46-45(30-35)50-47(53-46)27-25-44-43-24-22-32-11-3-4-15-38(32)51(43)54-52(44)50/h1-30H. The Morgan fingerprint density at radius 2 is 0.833 bits per heavy atom. The summed E-state index contributed by atoms with van der Waals surface area (Å²) in [6, 6.07) is 66.7. The van der Waals surface area contributed by atoms with Crippen LogP contribution in [0.25, 0.3) is 119 Å². The first-order valence-electron chi connectivity index (χ1n) is 18.5. The van der Waals surface area contributed by atoms with Gasteiger partial charge in [-0.15, -0.1) is 11.3 Å². The number of rotatable bonds is 3. The van der Waals surface area contributed by atoms with E-state index < -0.39 is 0 Å². The van der Waals surface area contributed by atoms with Crippen LogP contribution in [-0.2, 0) is 0 Å². The Bertz CT molecular complexity index is 3450. The van der Waals surface area contributed by atoms with E-state index in [0.29, 0.717) is 0 Å². The molecule has 0 aliphatic rings. The molecule has 2 heterocycles. The molecule has 250 valence electrons. The zero-order chi connectivity index (χ0) is 35.3. The van der Waals surface area contributed by atoms with E-state index >= 15 is 0 Å². The average Bonchev–Trinajstić information content (AvgIpc) is 3.81. The number of benzene rings is 10. The molecule has 0 saturated carbocycles. The maximum absolute atomic E-state index is 6.50. The van der Waals surface area contributed by atoms with Crippen LogP contribution in [0, 0.1) is 0 Å². The van der Waals surface area contributed by atoms with Crippen LogP contribution in [0.1, 0.15) is 0 Å². The third-order valence-electron chi connectivity index (χ3n) is 11.4. The van der Waals surface area contributed by atoms with Crippen molar-refractivity contribution in [3.8, 4) is 33.4 Å². The van der Waals surface area contributed by atoms with Gasteiger partial charge in [-0.3, -0.25) is 0 Å². The predicted molar refractivity (Wildman–Crippen MR) is 233 cm³/mol. The van der Waals surface area contributed by atoms with E-state index in [1.807, 2.05) is 11.3 Å². The fraction of sp³-hybridized carbons (Fsp3) is 0. The van der Waals surface area contributed by atoms with Crippen LogP contribution >= 0.6 is 11.3 Å². The molecule has 10 aromatic carbocycles. The summed E-state index contributed by atoms with van der Waals surface area (Å²) in [6.07, 6.45) is 0. The molecule has 2 heteroatoms. The van der Waals surface area contributed by atoms with Gasteiger partial charge < -0.3 is 4.42 Å². The van der Waals surface area contributed by atoms with Gasteiger partial charge in [0.1, 0.15) is 11.2 Å². The highest BCUT2D eigenvalue weighted by Crippen LogP contribution is 2.47. The molecule has 0 saturated heterocycles. The molecule has 0 aliphatic carbocycles. The van der Waals surface area contributed by atoms with Gasteiger partial charge in [0, 0.05) is 30.9 Å². The molecule has 0 N–H and O–H groups in total. The molecule has 2 aromatic heterocycles. The Labute approximate surface area is 314 Å². The minimum atomic E-state index is 0.918. The SMILES string of the molecule is c1cc(-c2ccc3oc4ccc5c6ccc7ccccc7c6sc5c4c3c2)cc(-c2c3ccccc3c(-c3ccc4ccccc4c3)c3ccccc23)c1. The van der Waals surface area contributed by atoms with Gasteiger partial charge >= 0.3 is 0 Å². The van der Waals surface area contributed by atoms with Crippen molar-refractivity contribution in [2.24, 2.45) is 0 Å². The van der Waals surface area contributed by atoms with Crippen molar-refractivity contribution < 1.29 is 4.42 Å². The number of furan rings is 1. The molecule has 0 unspecified atom stereocenters. The summed E-state index contributed by atoms with van der Waals surface area (Å²) in [5.41, 5.74) is 9.21. The van der Waals surface area contributed by atoms with Gasteiger partial charge in [-0.05, 0) is 113 Å². The summed E-state index contributed by atoms with van der Waals surface area (Å²) < 4.78 is 9.12. The van der Waals surface area contributed by atoms with Gasteiger partial charge in [-0.2, -0.15) is 0 Å². The second-order valence-corrected chi connectivity index (χ2v) is 15.4. The summed E-state index contributed by atoms with van der Waals surface area (Å²) in [5.74, 6) is 0. The Kier molecular flexibility index (Phi) is 6.28. The highest BCUT2D eigenvalue weighted by Gasteiger charge is 2.19. The van der Waals surface area contributed by atoms with E-state index in [9.17, 15) is 0 Å². The summed E-state index contributed by atoms with van der Waals surface area (Å²) in [4.78, 5) is 0. The van der Waals surface area contributed by atoms with Crippen molar-refractivity contribution >= 4 is 96.5 Å². The van der Waals surface area contributed by atoms with E-state index in [1.165, 1.54) is 102 Å². The van der Waals surface area contributed by atoms with Crippen molar-refractivity contribution in [1.82, 2.24) is 0 Å². The molecule has 0 fully saturated rings. The zero-order valence-corrected chi connectivity index (χ0v) is 30.0. The maximum atomic E-state index is 6.50. The molecule has 0 radical (unpaired) electrons. The Balaban J connectivity index is 1.06. The van der Waals surface area contributed by atoms with Crippen LogP contribution in [0.3, 0.4) is 0 Å². The molecule has 0 atom stereocenters. The summed E-state index contributed by atoms with van der Waals surface area (Å²) in [7, 11) is 0. The van der Waals surface area contributed by atoms with E-state index in [4.69, 9.17) is 4.42 Å². The summed E-state index contributed by atoms with van der Waals surface area (Å²) >= 11 is 1.88. The lowest BCUT2D eigenvalue weighted by Gasteiger charge is -2.18. The third kappa shape index (κ3) is 4.32. The van der Waals surface area contributed by atoms with Crippen molar-refractivity contribution in [2.45, 2.75) is 0 Å². The highest BCUT2D eigenvalue weighted by molar-refractivity contribution is 7.27. The molecular formula is C52H30OS. The molecular weight excluding hydrogens is 673 g/mol. The molecule has 0 spiro atoms. The summed E-state index contributed by atoms with van der Waals surface area (Å²) in [5, 5.41) is 15.1. The topological polar surface area (TPSA) is 13.1 Å². The average molecular weight is 703 g/mol. The van der Waals surface area contributed by atoms with Gasteiger partial charge in [0.25, 0.3) is 0 Å². The van der Waals surface area contributed by atoms with Crippen LogP contribution in [0.4, 0.5) is 0 Å². The summed E-state index contributed by atoms with van der Waals surface area (Å²) in [6.45, 7) is 0. The smallest absolute Gasteiger partial charge is 0.136 e. The zero-order valence-electron chi connectivity index (χ0n) is 29.1. The van der Waals surface area contributed by atoms with E-state index in [2.05, 4.69) is 182 Å². The first-order valence-corrected chi connectivity index (χ1v) is 19.3. The minimum Gasteiger partial charge on any atom is -0.456 e. The van der Waals surface area contributed by atoms with E-state index in [-0.39, 0.29) is 0 Å². The highest BCUT2D eigenvalue weighted by atomic mass is 32.1. The second-order valence-electron chi connectivity index (χ2n) is 14.4. The first-order chi connectivity index (χ1) is 26.8. The van der Waals surface area contributed by atoms with Crippen LogP contribution in [0.2, 0.25) is 0 Å². The number of hydrogen-bond acceptors (Lipinski definition) is 2. The number of fused-ring (bicyclic) bond motifs is 12. The van der Waals surface area contributed by atoms with Crippen LogP contribution in [0.15, 0.2) is 186 Å². The lowest BCUT2D eigenvalue weighted by molar-refractivity contribution is 0.669. The molecule has 54 heavy (non-hydrogen) atoms. The first kappa shape index (κ1) is 29.8. The Hall–Kier alpha value is -6.74. The van der Waals surface area contributed by atoms with Crippen molar-refractivity contribution in [2.75, 3.05) is 0 Å². The van der Waals surface area contributed by atoms with E-state index in [1.54, 1.807) is 0 Å². The van der Waals surface area contributed by atoms with Gasteiger partial charge in [-0.25, -0.2) is 0 Å². The van der Waals surface area contributed by atoms with Crippen molar-refractivity contribution in [3.63, 3.8) is 0 Å². The maximum Gasteiger partial charge on any atom is 0.136 e. The molecule has 1 nitrogen and oxygen atoms in total. The third-order valence-corrected chi connectivity index (χ3v) is 12.7. The Morgan fingerprint density at radius 3 is 1.59 bits per heavy atom. The van der Waals surface area contributed by atoms with Gasteiger partial charge in [0.05, 0.1) is 0 Å². The van der Waals surface area contributed by atoms with Crippen LogP contribution < -0.4 is 0 Å². The normalized spacial score (nSPS) is 12.1. The Morgan fingerprint density at radius 1 is 0.296 bits per heavy atom. The number of thiophene rings is 1. The molecule has 0 aliphatic heterocycles. The largest absolute Gasteiger partial charge is 0.456 e. The van der Waals surface area contributed by atoms with Crippen molar-refractivity contribution in [1.29, 1.82) is 0 Å². The fourth-order valence-electron chi connectivity index (χ4n) is 8.95. The fourth-order valence-corrected chi connectivity index (χ4v) is 10.3. The number of hydrogen-bond donors (Lipinski definition) is 0. The second kappa shape index (κ2) is 11.4. The van der Waals surface area contributed by atoms with Crippen molar-refractivity contribution in [3.05, 3.63) is 182 Å². The molecule has 0 amide bonds. The molecule has 12 aromatic rings. The lowest BCUT2D eigenvalue weighted by Crippen LogP contribution is -1.91. The quantitative estimate of drug-likeness (QED) is 0.167. The van der Waals surface area contributed by atoms with Gasteiger partial charge in [0.15, 0.2) is 0 Å². The predicted octanol–water partition coefficient (Wildman–Crippen LogP) is 15.6. The lowest BCUT2D eigenvalue weighted by atomic mass is 9.85. The minimum absolute atomic E-state index is 0.918. The van der Waals surface area contributed by atoms with Gasteiger partial charge in [0.2, 0.25) is 0 Å². The van der Waals surface area contributed by atoms with Gasteiger partial charge in [-0.1, -0.05) is 146 Å². The molecule has 12 rings (SSSR count). The van der Waals surface area contributed by atoms with Crippen LogP contribution in [-0.4, -0.2) is 0 Å². The molecule has 0 bridgehead atoms. The monoisotopic (exact) mass is 702 g/mol. The van der Waals surface area contributed by atoms with E-state index in [0.717, 1.165) is 16.6 Å². The van der Waals surface area contributed by atoms with Crippen LogP contribution in [0.5, 0.6) is 0 Å².